The minimum Gasteiger partial charge on any atom is -0.329 e. The maximum Gasteiger partial charge on any atom is 0.229 e. The lowest BCUT2D eigenvalue weighted by Crippen LogP contribution is -2.14. The Kier molecular flexibility index (Phi) is 4.47. The third-order valence-corrected chi connectivity index (χ3v) is 3.62. The quantitative estimate of drug-likeness (QED) is 0.691. The molecule has 0 spiro atoms. The highest BCUT2D eigenvalue weighted by molar-refractivity contribution is 5.66. The summed E-state index contributed by atoms with van der Waals surface area (Å²) in [4.78, 5) is 21.6. The zero-order chi connectivity index (χ0) is 16.9. The maximum absolute atomic E-state index is 10.7. The van der Waals surface area contributed by atoms with Gasteiger partial charge in [-0.3, -0.25) is 0 Å². The van der Waals surface area contributed by atoms with Crippen LogP contribution < -0.4 is 10.2 Å². The van der Waals surface area contributed by atoms with Gasteiger partial charge in [0.25, 0.3) is 0 Å². The van der Waals surface area contributed by atoms with Crippen molar-refractivity contribution < 1.29 is 0 Å². The molecule has 24 heavy (non-hydrogen) atoms. The first-order chi connectivity index (χ1) is 11.7. The number of aromatic nitrogens is 2. The summed E-state index contributed by atoms with van der Waals surface area (Å²) in [5.41, 5.74) is 3.07. The van der Waals surface area contributed by atoms with Crippen molar-refractivity contribution in [2.24, 2.45) is 5.18 Å². The van der Waals surface area contributed by atoms with E-state index in [-0.39, 0.29) is 0 Å². The minimum absolute atomic E-state index is 0.383. The van der Waals surface area contributed by atoms with Crippen LogP contribution in [0.2, 0.25) is 0 Å². The normalized spacial score (nSPS) is 10.2. The van der Waals surface area contributed by atoms with Gasteiger partial charge in [0, 0.05) is 30.2 Å². The van der Waals surface area contributed by atoms with Gasteiger partial charge >= 0.3 is 0 Å². The molecule has 2 aromatic carbocycles. The third-order valence-electron chi connectivity index (χ3n) is 3.62. The molecule has 0 aliphatic rings. The van der Waals surface area contributed by atoms with Crippen LogP contribution in [0.5, 0.6) is 0 Å². The molecular weight excluding hydrogens is 302 g/mol. The van der Waals surface area contributed by atoms with Gasteiger partial charge in [0.15, 0.2) is 0 Å². The highest BCUT2D eigenvalue weighted by Crippen LogP contribution is 2.28. The molecule has 0 unspecified atom stereocenters. The number of benzene rings is 2. The number of hydrogen-bond donors (Lipinski definition) is 1. The van der Waals surface area contributed by atoms with Crippen LogP contribution >= 0.6 is 0 Å². The second kappa shape index (κ2) is 6.87. The number of nitrogens with one attached hydrogen (secondary N) is 1. The van der Waals surface area contributed by atoms with Crippen molar-refractivity contribution in [3.05, 3.63) is 71.3 Å². The van der Waals surface area contributed by atoms with Crippen molar-refractivity contribution in [1.82, 2.24) is 9.97 Å². The molecule has 0 bridgehead atoms. The fourth-order valence-electron chi connectivity index (χ4n) is 2.36. The molecule has 0 saturated carbocycles. The monoisotopic (exact) mass is 319 g/mol. The molecule has 0 radical (unpaired) electrons. The zero-order valence-corrected chi connectivity index (χ0v) is 13.5. The van der Waals surface area contributed by atoms with Crippen molar-refractivity contribution in [3.63, 3.8) is 0 Å². The molecule has 0 aliphatic heterocycles. The number of nitroso groups, excluding NO2 is 1. The van der Waals surface area contributed by atoms with Gasteiger partial charge in [0.2, 0.25) is 5.95 Å². The Morgan fingerprint density at radius 1 is 1.08 bits per heavy atom. The SMILES string of the molecule is Cc1cnc(Nc2ccccc2)nc1N(C)c1cccc(N=O)c1. The lowest BCUT2D eigenvalue weighted by atomic mass is 10.2. The van der Waals surface area contributed by atoms with Crippen LogP contribution in [-0.2, 0) is 0 Å². The van der Waals surface area contributed by atoms with Crippen LogP contribution in [0.25, 0.3) is 0 Å². The largest absolute Gasteiger partial charge is 0.329 e. The first-order valence-electron chi connectivity index (χ1n) is 7.50. The molecule has 3 aromatic rings. The summed E-state index contributed by atoms with van der Waals surface area (Å²) in [6.45, 7) is 1.94. The van der Waals surface area contributed by atoms with E-state index >= 15 is 0 Å². The van der Waals surface area contributed by atoms with Gasteiger partial charge in [0.05, 0.1) is 0 Å². The van der Waals surface area contributed by atoms with E-state index in [1.165, 1.54) is 0 Å². The molecule has 0 saturated heterocycles. The molecule has 6 heteroatoms. The number of aryl methyl sites for hydroxylation is 1. The van der Waals surface area contributed by atoms with E-state index in [9.17, 15) is 4.91 Å². The molecule has 0 amide bonds. The van der Waals surface area contributed by atoms with Gasteiger partial charge in [-0.1, -0.05) is 24.3 Å². The summed E-state index contributed by atoms with van der Waals surface area (Å²) in [7, 11) is 1.89. The predicted molar refractivity (Wildman–Crippen MR) is 96.5 cm³/mol. The molecule has 6 nitrogen and oxygen atoms in total. The van der Waals surface area contributed by atoms with Crippen LogP contribution in [0.3, 0.4) is 0 Å². The lowest BCUT2D eigenvalue weighted by molar-refractivity contribution is 1.06. The molecule has 3 rings (SSSR count). The number of para-hydroxylation sites is 1. The Morgan fingerprint density at radius 3 is 2.62 bits per heavy atom. The van der Waals surface area contributed by atoms with Crippen molar-refractivity contribution >= 4 is 28.8 Å². The summed E-state index contributed by atoms with van der Waals surface area (Å²) < 4.78 is 0. The predicted octanol–water partition coefficient (Wildman–Crippen LogP) is 4.69. The Balaban J connectivity index is 1.92. The fourth-order valence-corrected chi connectivity index (χ4v) is 2.36. The molecule has 120 valence electrons. The van der Waals surface area contributed by atoms with E-state index < -0.39 is 0 Å². The van der Waals surface area contributed by atoms with Crippen LogP contribution in [0.4, 0.5) is 28.8 Å². The summed E-state index contributed by atoms with van der Waals surface area (Å²) in [6, 6.07) is 16.8. The van der Waals surface area contributed by atoms with Gasteiger partial charge < -0.3 is 10.2 Å². The molecule has 0 fully saturated rings. The molecule has 0 atom stereocenters. The Morgan fingerprint density at radius 2 is 1.88 bits per heavy atom. The second-order valence-electron chi connectivity index (χ2n) is 5.36. The van der Waals surface area contributed by atoms with Gasteiger partial charge in [-0.15, -0.1) is 4.91 Å². The zero-order valence-electron chi connectivity index (χ0n) is 13.5. The van der Waals surface area contributed by atoms with Gasteiger partial charge in [-0.2, -0.15) is 4.98 Å². The van der Waals surface area contributed by atoms with Crippen molar-refractivity contribution in [3.8, 4) is 0 Å². The summed E-state index contributed by atoms with van der Waals surface area (Å²) in [6.07, 6.45) is 1.77. The van der Waals surface area contributed by atoms with Gasteiger partial charge in [-0.05, 0) is 42.4 Å². The minimum atomic E-state index is 0.383. The summed E-state index contributed by atoms with van der Waals surface area (Å²) in [5, 5.41) is 6.16. The molecule has 1 aromatic heterocycles. The summed E-state index contributed by atoms with van der Waals surface area (Å²) >= 11 is 0. The van der Waals surface area contributed by atoms with E-state index in [0.29, 0.717) is 11.6 Å². The average molecular weight is 319 g/mol. The van der Waals surface area contributed by atoms with Crippen LogP contribution in [0, 0.1) is 11.8 Å². The molecule has 1 heterocycles. The second-order valence-corrected chi connectivity index (χ2v) is 5.36. The fraction of sp³-hybridized carbons (Fsp3) is 0.111. The number of nitrogens with zero attached hydrogens (tertiary/aromatic N) is 4. The Labute approximate surface area is 140 Å². The van der Waals surface area contributed by atoms with Gasteiger partial charge in [-0.25, -0.2) is 4.98 Å². The van der Waals surface area contributed by atoms with Crippen molar-refractivity contribution in [1.29, 1.82) is 0 Å². The first kappa shape index (κ1) is 15.6. The Bertz CT molecular complexity index is 851. The summed E-state index contributed by atoms with van der Waals surface area (Å²) in [5.74, 6) is 1.27. The van der Waals surface area contributed by atoms with Crippen LogP contribution in [-0.4, -0.2) is 17.0 Å². The van der Waals surface area contributed by atoms with Gasteiger partial charge in [0.1, 0.15) is 11.5 Å². The number of hydrogen-bond acceptors (Lipinski definition) is 6. The highest BCUT2D eigenvalue weighted by atomic mass is 16.3. The van der Waals surface area contributed by atoms with E-state index in [2.05, 4.69) is 20.5 Å². The van der Waals surface area contributed by atoms with Crippen LogP contribution in [0.15, 0.2) is 66.0 Å². The lowest BCUT2D eigenvalue weighted by Gasteiger charge is -2.21. The topological polar surface area (TPSA) is 70.5 Å². The third kappa shape index (κ3) is 3.38. The number of anilines is 4. The van der Waals surface area contributed by atoms with E-state index in [1.807, 2.05) is 55.3 Å². The molecule has 1 N–H and O–H groups in total. The van der Waals surface area contributed by atoms with Crippen molar-refractivity contribution in [2.75, 3.05) is 17.3 Å². The van der Waals surface area contributed by atoms with Crippen LogP contribution in [0.1, 0.15) is 5.56 Å². The highest BCUT2D eigenvalue weighted by Gasteiger charge is 2.11. The smallest absolute Gasteiger partial charge is 0.229 e. The molecule has 0 aliphatic carbocycles. The number of rotatable bonds is 5. The maximum atomic E-state index is 10.7. The van der Waals surface area contributed by atoms with E-state index in [1.54, 1.807) is 24.4 Å². The standard InChI is InChI=1S/C18H17N5O/c1-13-12-19-18(20-14-7-4-3-5-8-14)21-17(13)23(2)16-10-6-9-15(11-16)22-24/h3-12H,1-2H3,(H,19,20,21). The molecular formula is C18H17N5O. The van der Waals surface area contributed by atoms with Crippen molar-refractivity contribution in [2.45, 2.75) is 6.92 Å². The average Bonchev–Trinajstić information content (AvgIpc) is 2.63. The Hall–Kier alpha value is -3.28. The van der Waals surface area contributed by atoms with E-state index in [4.69, 9.17) is 0 Å². The first-order valence-corrected chi connectivity index (χ1v) is 7.50. The van der Waals surface area contributed by atoms with E-state index in [0.717, 1.165) is 22.8 Å².